The number of hydrogen-bond donors (Lipinski definition) is 0. The van der Waals surface area contributed by atoms with E-state index in [2.05, 4.69) is 21.8 Å². The van der Waals surface area contributed by atoms with Crippen LogP contribution in [-0.4, -0.2) is 9.97 Å². The molecule has 0 unspecified atom stereocenters. The minimum atomic E-state index is 0.664. The van der Waals surface area contributed by atoms with Gasteiger partial charge in [-0.3, -0.25) is 0 Å². The summed E-state index contributed by atoms with van der Waals surface area (Å²) < 4.78 is 0. The van der Waals surface area contributed by atoms with Crippen molar-refractivity contribution in [2.45, 2.75) is 6.92 Å². The average molecular weight is 143 g/mol. The van der Waals surface area contributed by atoms with Gasteiger partial charge in [0.15, 0.2) is 6.07 Å². The second-order valence-electron chi connectivity index (χ2n) is 1.88. The molecule has 0 atom stereocenters. The maximum atomic E-state index is 8.12. The molecule has 0 saturated heterocycles. The largest absolute Gasteiger partial charge is 0.240 e. The van der Waals surface area contributed by atoms with E-state index in [-0.39, 0.29) is 0 Å². The van der Waals surface area contributed by atoms with E-state index in [1.807, 2.05) is 0 Å². The van der Waals surface area contributed by atoms with E-state index in [0.717, 1.165) is 0 Å². The summed E-state index contributed by atoms with van der Waals surface area (Å²) in [5.41, 5.74) is 0.664. The molecule has 1 aromatic heterocycles. The maximum Gasteiger partial charge on any atom is 0.152 e. The smallest absolute Gasteiger partial charge is 0.152 e. The second-order valence-corrected chi connectivity index (χ2v) is 1.88. The Bertz CT molecular complexity index is 334. The summed E-state index contributed by atoms with van der Waals surface area (Å²) in [6, 6.07) is 1.71. The van der Waals surface area contributed by atoms with Crippen LogP contribution in [-0.2, 0) is 0 Å². The predicted octanol–water partition coefficient (Wildman–Crippen LogP) is 0.660. The molecule has 1 heterocycles. The fourth-order valence-corrected chi connectivity index (χ4v) is 0.557. The second kappa shape index (κ2) is 3.34. The molecule has 0 saturated carbocycles. The van der Waals surface area contributed by atoms with Gasteiger partial charge in [-0.1, -0.05) is 0 Å². The summed E-state index contributed by atoms with van der Waals surface area (Å²) in [5, 5.41) is 8.12. The highest BCUT2D eigenvalue weighted by Gasteiger charge is 1.86. The molecule has 0 aliphatic heterocycles. The summed E-state index contributed by atoms with van der Waals surface area (Å²) in [6.07, 6.45) is 3.18. The highest BCUT2D eigenvalue weighted by molar-refractivity contribution is 5.34. The van der Waals surface area contributed by atoms with Crippen molar-refractivity contribution in [3.05, 3.63) is 23.8 Å². The van der Waals surface area contributed by atoms with Gasteiger partial charge in [0.05, 0.1) is 5.56 Å². The van der Waals surface area contributed by atoms with Crippen LogP contribution in [0.25, 0.3) is 0 Å². The molecule has 0 spiro atoms. The van der Waals surface area contributed by atoms with Crippen LogP contribution in [0.3, 0.4) is 0 Å². The normalized spacial score (nSPS) is 7.64. The van der Waals surface area contributed by atoms with Crippen LogP contribution in [0.2, 0.25) is 0 Å². The number of rotatable bonds is 0. The van der Waals surface area contributed by atoms with Crippen LogP contribution >= 0.6 is 0 Å². The van der Waals surface area contributed by atoms with Crippen molar-refractivity contribution in [1.29, 1.82) is 5.26 Å². The molecule has 0 bridgehead atoms. The van der Waals surface area contributed by atoms with Gasteiger partial charge in [-0.25, -0.2) is 9.97 Å². The minimum Gasteiger partial charge on any atom is -0.240 e. The first kappa shape index (κ1) is 7.24. The van der Waals surface area contributed by atoms with Crippen molar-refractivity contribution in [3.63, 3.8) is 0 Å². The zero-order valence-corrected chi connectivity index (χ0v) is 6.00. The van der Waals surface area contributed by atoms with Crippen molar-refractivity contribution >= 4 is 0 Å². The van der Waals surface area contributed by atoms with Gasteiger partial charge < -0.3 is 0 Å². The molecule has 0 aromatic carbocycles. The van der Waals surface area contributed by atoms with Gasteiger partial charge in [-0.15, -0.1) is 0 Å². The van der Waals surface area contributed by atoms with Crippen LogP contribution in [0.4, 0.5) is 0 Å². The molecule has 3 heteroatoms. The van der Waals surface area contributed by atoms with Gasteiger partial charge in [0.1, 0.15) is 5.82 Å². The number of aromatic nitrogens is 2. The molecule has 0 aliphatic rings. The topological polar surface area (TPSA) is 49.6 Å². The van der Waals surface area contributed by atoms with Crippen LogP contribution < -0.4 is 0 Å². The van der Waals surface area contributed by atoms with Gasteiger partial charge in [-0.2, -0.15) is 5.26 Å². The Hall–Kier alpha value is -1.87. The lowest BCUT2D eigenvalue weighted by molar-refractivity contribution is 1.05. The predicted molar refractivity (Wildman–Crippen MR) is 39.3 cm³/mol. The first-order valence-corrected chi connectivity index (χ1v) is 3.01. The summed E-state index contributed by atoms with van der Waals surface area (Å²) in [5.74, 6) is 5.55. The molecule has 11 heavy (non-hydrogen) atoms. The number of nitrogens with zero attached hydrogens (tertiary/aromatic N) is 3. The first-order chi connectivity index (χ1) is 5.33. The molecule has 0 fully saturated rings. The Balaban J connectivity index is 2.93. The van der Waals surface area contributed by atoms with E-state index < -0.39 is 0 Å². The van der Waals surface area contributed by atoms with E-state index in [4.69, 9.17) is 5.26 Å². The Kier molecular flexibility index (Phi) is 2.20. The van der Waals surface area contributed by atoms with Gasteiger partial charge in [0, 0.05) is 18.3 Å². The Morgan fingerprint density at radius 3 is 2.55 bits per heavy atom. The van der Waals surface area contributed by atoms with Crippen molar-refractivity contribution in [1.82, 2.24) is 9.97 Å². The standard InChI is InChI=1S/C8H5N3/c1-7-10-5-8(6-11-7)3-2-4-9/h5-6H,1H3. The van der Waals surface area contributed by atoms with E-state index in [0.29, 0.717) is 11.4 Å². The van der Waals surface area contributed by atoms with Crippen molar-refractivity contribution < 1.29 is 0 Å². The lowest BCUT2D eigenvalue weighted by atomic mass is 10.3. The van der Waals surface area contributed by atoms with E-state index >= 15 is 0 Å². The average Bonchev–Trinajstić information content (AvgIpc) is 2.04. The van der Waals surface area contributed by atoms with Crippen molar-refractivity contribution in [2.75, 3.05) is 0 Å². The lowest BCUT2D eigenvalue weighted by Crippen LogP contribution is -1.86. The summed E-state index contributed by atoms with van der Waals surface area (Å²) in [7, 11) is 0. The van der Waals surface area contributed by atoms with Gasteiger partial charge in [-0.05, 0) is 12.8 Å². The molecule has 52 valence electrons. The van der Waals surface area contributed by atoms with Crippen molar-refractivity contribution in [3.8, 4) is 17.9 Å². The molecule has 3 nitrogen and oxygen atoms in total. The van der Waals surface area contributed by atoms with E-state index in [1.165, 1.54) is 0 Å². The molecule has 0 amide bonds. The quantitative estimate of drug-likeness (QED) is 0.501. The molecular weight excluding hydrogens is 138 g/mol. The summed E-state index contributed by atoms with van der Waals surface area (Å²) >= 11 is 0. The fourth-order valence-electron chi connectivity index (χ4n) is 0.557. The Morgan fingerprint density at radius 2 is 2.00 bits per heavy atom. The SMILES string of the molecule is Cc1ncc(C#CC#N)cn1. The first-order valence-electron chi connectivity index (χ1n) is 3.01. The zero-order chi connectivity index (χ0) is 8.10. The fraction of sp³-hybridized carbons (Fsp3) is 0.125. The third-order valence-electron chi connectivity index (χ3n) is 1.04. The molecular formula is C8H5N3. The Morgan fingerprint density at radius 1 is 1.36 bits per heavy atom. The highest BCUT2D eigenvalue weighted by Crippen LogP contribution is 1.91. The Labute approximate surface area is 64.7 Å². The molecule has 0 aliphatic carbocycles. The van der Waals surface area contributed by atoms with Crippen LogP contribution in [0.5, 0.6) is 0 Å². The third-order valence-corrected chi connectivity index (χ3v) is 1.04. The lowest BCUT2D eigenvalue weighted by Gasteiger charge is -1.88. The molecule has 0 radical (unpaired) electrons. The van der Waals surface area contributed by atoms with Gasteiger partial charge >= 0.3 is 0 Å². The minimum absolute atomic E-state index is 0.664. The van der Waals surface area contributed by atoms with Crippen LogP contribution in [0.15, 0.2) is 12.4 Å². The van der Waals surface area contributed by atoms with E-state index in [1.54, 1.807) is 25.4 Å². The van der Waals surface area contributed by atoms with Gasteiger partial charge in [0.25, 0.3) is 0 Å². The van der Waals surface area contributed by atoms with Crippen LogP contribution in [0.1, 0.15) is 11.4 Å². The zero-order valence-electron chi connectivity index (χ0n) is 6.00. The maximum absolute atomic E-state index is 8.12. The van der Waals surface area contributed by atoms with Gasteiger partial charge in [0.2, 0.25) is 0 Å². The molecule has 1 aromatic rings. The summed E-state index contributed by atoms with van der Waals surface area (Å²) in [6.45, 7) is 1.79. The van der Waals surface area contributed by atoms with Crippen molar-refractivity contribution in [2.24, 2.45) is 0 Å². The number of hydrogen-bond acceptors (Lipinski definition) is 3. The van der Waals surface area contributed by atoms with Crippen LogP contribution in [0, 0.1) is 30.1 Å². The molecule has 0 N–H and O–H groups in total. The number of aryl methyl sites for hydroxylation is 1. The third kappa shape index (κ3) is 2.08. The van der Waals surface area contributed by atoms with E-state index in [9.17, 15) is 0 Å². The molecule has 1 rings (SSSR count). The monoisotopic (exact) mass is 143 g/mol. The summed E-state index contributed by atoms with van der Waals surface area (Å²) in [4.78, 5) is 7.82. The number of nitriles is 1. The highest BCUT2D eigenvalue weighted by atomic mass is 14.8.